The number of alkyl halides is 3. The number of nitrogens with zero attached hydrogens (tertiary/aromatic N) is 3. The normalized spacial score (nSPS) is 11.5. The largest absolute Gasteiger partial charge is 0.416 e. The first-order chi connectivity index (χ1) is 10.8. The minimum Gasteiger partial charge on any atom is -0.416 e. The van der Waals surface area contributed by atoms with Crippen LogP contribution in [0.4, 0.5) is 13.2 Å². The SMILES string of the molecule is Cc1nnc(SCC(=O)N(C)Cc2ccc(C(F)(F)F)cc2)o1. The summed E-state index contributed by atoms with van der Waals surface area (Å²) in [4.78, 5) is 13.4. The molecule has 0 spiro atoms. The number of amides is 1. The maximum Gasteiger partial charge on any atom is 0.416 e. The molecule has 0 saturated carbocycles. The molecular weight excluding hydrogens is 331 g/mol. The highest BCUT2D eigenvalue weighted by molar-refractivity contribution is 7.99. The lowest BCUT2D eigenvalue weighted by Crippen LogP contribution is -2.27. The minimum absolute atomic E-state index is 0.110. The summed E-state index contributed by atoms with van der Waals surface area (Å²) in [6.07, 6.45) is -4.36. The molecule has 0 aliphatic rings. The molecule has 0 unspecified atom stereocenters. The number of hydrogen-bond acceptors (Lipinski definition) is 5. The zero-order valence-electron chi connectivity index (χ0n) is 12.4. The van der Waals surface area contributed by atoms with Gasteiger partial charge in [-0.25, -0.2) is 0 Å². The van der Waals surface area contributed by atoms with Crippen molar-refractivity contribution in [2.24, 2.45) is 0 Å². The Balaban J connectivity index is 1.88. The topological polar surface area (TPSA) is 59.2 Å². The van der Waals surface area contributed by atoms with Crippen LogP contribution in [-0.2, 0) is 17.5 Å². The van der Waals surface area contributed by atoms with E-state index in [9.17, 15) is 18.0 Å². The van der Waals surface area contributed by atoms with E-state index in [2.05, 4.69) is 10.2 Å². The van der Waals surface area contributed by atoms with E-state index in [1.54, 1.807) is 14.0 Å². The molecule has 0 bridgehead atoms. The molecule has 0 N–H and O–H groups in total. The number of hydrogen-bond donors (Lipinski definition) is 0. The summed E-state index contributed by atoms with van der Waals surface area (Å²) in [6, 6.07) is 4.73. The lowest BCUT2D eigenvalue weighted by atomic mass is 10.1. The van der Waals surface area contributed by atoms with E-state index >= 15 is 0 Å². The van der Waals surface area contributed by atoms with Crippen LogP contribution in [0.3, 0.4) is 0 Å². The Bertz CT molecular complexity index is 671. The molecule has 5 nitrogen and oxygen atoms in total. The first kappa shape index (κ1) is 17.3. The molecule has 1 aromatic heterocycles. The van der Waals surface area contributed by atoms with Gasteiger partial charge in [-0.1, -0.05) is 23.9 Å². The first-order valence-electron chi connectivity index (χ1n) is 6.58. The van der Waals surface area contributed by atoms with E-state index in [4.69, 9.17) is 4.42 Å². The molecule has 124 valence electrons. The molecule has 2 rings (SSSR count). The molecule has 0 radical (unpaired) electrons. The molecular formula is C14H14F3N3O2S. The second kappa shape index (κ2) is 7.03. The van der Waals surface area contributed by atoms with Crippen molar-refractivity contribution in [1.29, 1.82) is 0 Å². The zero-order valence-corrected chi connectivity index (χ0v) is 13.2. The predicted molar refractivity (Wildman–Crippen MR) is 77.7 cm³/mol. The summed E-state index contributed by atoms with van der Waals surface area (Å²) in [5, 5.41) is 7.72. The number of thioether (sulfide) groups is 1. The van der Waals surface area contributed by atoms with E-state index in [-0.39, 0.29) is 18.2 Å². The highest BCUT2D eigenvalue weighted by Gasteiger charge is 2.29. The van der Waals surface area contributed by atoms with E-state index in [1.807, 2.05) is 0 Å². The van der Waals surface area contributed by atoms with Crippen molar-refractivity contribution in [2.45, 2.75) is 24.9 Å². The van der Waals surface area contributed by atoms with Crippen molar-refractivity contribution in [2.75, 3.05) is 12.8 Å². The number of aromatic nitrogens is 2. The van der Waals surface area contributed by atoms with Gasteiger partial charge in [0.05, 0.1) is 11.3 Å². The Labute approximate surface area is 134 Å². The van der Waals surface area contributed by atoms with Crippen molar-refractivity contribution < 1.29 is 22.4 Å². The summed E-state index contributed by atoms with van der Waals surface area (Å²) in [5.41, 5.74) is -0.0926. The highest BCUT2D eigenvalue weighted by Crippen LogP contribution is 2.29. The van der Waals surface area contributed by atoms with Gasteiger partial charge in [0.2, 0.25) is 11.8 Å². The predicted octanol–water partition coefficient (Wildman–Crippen LogP) is 3.15. The number of benzene rings is 1. The van der Waals surface area contributed by atoms with Gasteiger partial charge in [-0.2, -0.15) is 13.2 Å². The average Bonchev–Trinajstić information content (AvgIpc) is 2.90. The van der Waals surface area contributed by atoms with Crippen LogP contribution in [0.5, 0.6) is 0 Å². The van der Waals surface area contributed by atoms with Crippen molar-refractivity contribution in [3.05, 3.63) is 41.3 Å². The third-order valence-electron chi connectivity index (χ3n) is 2.95. The van der Waals surface area contributed by atoms with E-state index in [1.165, 1.54) is 17.0 Å². The minimum atomic E-state index is -4.36. The van der Waals surface area contributed by atoms with Crippen LogP contribution < -0.4 is 0 Å². The van der Waals surface area contributed by atoms with Crippen LogP contribution in [-0.4, -0.2) is 33.8 Å². The maximum absolute atomic E-state index is 12.5. The molecule has 1 heterocycles. The quantitative estimate of drug-likeness (QED) is 0.779. The van der Waals surface area contributed by atoms with Crippen LogP contribution in [0.25, 0.3) is 0 Å². The smallest absolute Gasteiger partial charge is 0.416 e. The standard InChI is InChI=1S/C14H14F3N3O2S/c1-9-18-19-13(22-9)23-8-12(21)20(2)7-10-3-5-11(6-4-10)14(15,16)17/h3-6H,7-8H2,1-2H3. The molecule has 9 heteroatoms. The van der Waals surface area contributed by atoms with E-state index in [0.717, 1.165) is 23.9 Å². The van der Waals surface area contributed by atoms with Crippen LogP contribution in [0, 0.1) is 6.92 Å². The molecule has 0 aliphatic carbocycles. The number of halogens is 3. The Kier molecular flexibility index (Phi) is 5.30. The van der Waals surface area contributed by atoms with Gasteiger partial charge in [0.25, 0.3) is 5.22 Å². The molecule has 23 heavy (non-hydrogen) atoms. The fourth-order valence-corrected chi connectivity index (χ4v) is 2.48. The number of rotatable bonds is 5. The van der Waals surface area contributed by atoms with Gasteiger partial charge < -0.3 is 9.32 Å². The molecule has 0 atom stereocenters. The number of carbonyl (C=O) groups excluding carboxylic acids is 1. The first-order valence-corrected chi connectivity index (χ1v) is 7.57. The second-order valence-electron chi connectivity index (χ2n) is 4.82. The van der Waals surface area contributed by atoms with Crippen molar-refractivity contribution in [3.8, 4) is 0 Å². The van der Waals surface area contributed by atoms with Gasteiger partial charge in [0.15, 0.2) is 0 Å². The lowest BCUT2D eigenvalue weighted by Gasteiger charge is -2.17. The summed E-state index contributed by atoms with van der Waals surface area (Å²) < 4.78 is 42.6. The summed E-state index contributed by atoms with van der Waals surface area (Å²) >= 11 is 1.11. The van der Waals surface area contributed by atoms with Crippen LogP contribution in [0.15, 0.2) is 33.9 Å². The van der Waals surface area contributed by atoms with Crippen molar-refractivity contribution >= 4 is 17.7 Å². The Morgan fingerprint density at radius 2 is 1.91 bits per heavy atom. The summed E-state index contributed by atoms with van der Waals surface area (Å²) in [7, 11) is 1.58. The van der Waals surface area contributed by atoms with Crippen LogP contribution >= 0.6 is 11.8 Å². The Morgan fingerprint density at radius 1 is 1.26 bits per heavy atom. The van der Waals surface area contributed by atoms with Crippen molar-refractivity contribution in [3.63, 3.8) is 0 Å². The summed E-state index contributed by atoms with van der Waals surface area (Å²) in [6.45, 7) is 1.87. The van der Waals surface area contributed by atoms with E-state index < -0.39 is 11.7 Å². The fourth-order valence-electron chi connectivity index (χ4n) is 1.73. The second-order valence-corrected chi connectivity index (χ2v) is 5.75. The molecule has 0 saturated heterocycles. The fraction of sp³-hybridized carbons (Fsp3) is 0.357. The molecule has 0 fully saturated rings. The third-order valence-corrected chi connectivity index (χ3v) is 3.76. The van der Waals surface area contributed by atoms with Gasteiger partial charge in [-0.15, -0.1) is 10.2 Å². The van der Waals surface area contributed by atoms with Gasteiger partial charge >= 0.3 is 6.18 Å². The Hall–Kier alpha value is -2.03. The van der Waals surface area contributed by atoms with Crippen LogP contribution in [0.1, 0.15) is 17.0 Å². The zero-order chi connectivity index (χ0) is 17.0. The lowest BCUT2D eigenvalue weighted by molar-refractivity contribution is -0.137. The van der Waals surface area contributed by atoms with Crippen molar-refractivity contribution in [1.82, 2.24) is 15.1 Å². The van der Waals surface area contributed by atoms with Gasteiger partial charge in [0.1, 0.15) is 0 Å². The molecule has 2 aromatic rings. The maximum atomic E-state index is 12.5. The van der Waals surface area contributed by atoms with Gasteiger partial charge in [-0.3, -0.25) is 4.79 Å². The average molecular weight is 345 g/mol. The van der Waals surface area contributed by atoms with Crippen LogP contribution in [0.2, 0.25) is 0 Å². The van der Waals surface area contributed by atoms with Gasteiger partial charge in [-0.05, 0) is 17.7 Å². The monoisotopic (exact) mass is 345 g/mol. The Morgan fingerprint density at radius 3 is 2.43 bits per heavy atom. The molecule has 1 aromatic carbocycles. The molecule has 1 amide bonds. The summed E-state index contributed by atoms with van der Waals surface area (Å²) in [5.74, 6) is 0.336. The van der Waals surface area contributed by atoms with Gasteiger partial charge in [0, 0.05) is 20.5 Å². The molecule has 0 aliphatic heterocycles. The number of aryl methyl sites for hydroxylation is 1. The third kappa shape index (κ3) is 4.98. The number of carbonyl (C=O) groups is 1. The highest BCUT2D eigenvalue weighted by atomic mass is 32.2. The van der Waals surface area contributed by atoms with E-state index in [0.29, 0.717) is 16.7 Å².